The van der Waals surface area contributed by atoms with E-state index in [0.717, 1.165) is 5.69 Å². The molecule has 0 radical (unpaired) electrons. The highest BCUT2D eigenvalue weighted by atomic mass is 35.5. The van der Waals surface area contributed by atoms with Gasteiger partial charge in [-0.25, -0.2) is 9.79 Å². The first kappa shape index (κ1) is 18.7. The molecule has 1 aromatic carbocycles. The second kappa shape index (κ2) is 6.59. The molecule has 1 aliphatic carbocycles. The standard InChI is InChI=1S/C18H19Cl2N3O3/c1-4-26-15(24)13-10(2)21-11-7-5-6-8-12(11)22-14(13)23-16(25)17(3)9-18(17,19)20/h5-8,21H,4,9H2,1-3H3,(H,22,23,25)/t17-/m1/s1. The highest BCUT2D eigenvalue weighted by Gasteiger charge is 2.68. The zero-order valence-electron chi connectivity index (χ0n) is 14.7. The van der Waals surface area contributed by atoms with Crippen LogP contribution >= 0.6 is 23.2 Å². The molecule has 138 valence electrons. The highest BCUT2D eigenvalue weighted by molar-refractivity contribution is 6.53. The number of esters is 1. The number of para-hydroxylation sites is 2. The van der Waals surface area contributed by atoms with Gasteiger partial charge in [0.25, 0.3) is 0 Å². The Kier molecular flexibility index (Phi) is 4.75. The van der Waals surface area contributed by atoms with Gasteiger partial charge in [-0.1, -0.05) is 12.1 Å². The van der Waals surface area contributed by atoms with Crippen LogP contribution in [0.1, 0.15) is 27.2 Å². The number of fused-ring (bicyclic) bond motifs is 1. The lowest BCUT2D eigenvalue weighted by Crippen LogP contribution is -2.40. The van der Waals surface area contributed by atoms with E-state index in [-0.39, 0.29) is 18.0 Å². The van der Waals surface area contributed by atoms with Gasteiger partial charge in [0.2, 0.25) is 5.91 Å². The van der Waals surface area contributed by atoms with E-state index in [9.17, 15) is 9.59 Å². The summed E-state index contributed by atoms with van der Waals surface area (Å²) in [6.45, 7) is 5.31. The van der Waals surface area contributed by atoms with Gasteiger partial charge >= 0.3 is 5.97 Å². The van der Waals surface area contributed by atoms with Crippen LogP contribution in [0, 0.1) is 5.41 Å². The van der Waals surface area contributed by atoms with Crippen molar-refractivity contribution < 1.29 is 14.3 Å². The van der Waals surface area contributed by atoms with Gasteiger partial charge in [-0.3, -0.25) is 4.79 Å². The molecule has 2 aliphatic rings. The number of amidine groups is 1. The molecule has 1 aromatic rings. The van der Waals surface area contributed by atoms with E-state index in [1.54, 1.807) is 26.8 Å². The molecule has 1 heterocycles. The molecule has 0 spiro atoms. The summed E-state index contributed by atoms with van der Waals surface area (Å²) in [6, 6.07) is 7.28. The lowest BCUT2D eigenvalue weighted by molar-refractivity contribution is -0.137. The predicted octanol–water partition coefficient (Wildman–Crippen LogP) is 3.68. The van der Waals surface area contributed by atoms with Crippen molar-refractivity contribution in [2.24, 2.45) is 10.4 Å². The molecule has 1 saturated carbocycles. The van der Waals surface area contributed by atoms with Crippen molar-refractivity contribution in [1.82, 2.24) is 5.32 Å². The summed E-state index contributed by atoms with van der Waals surface area (Å²) in [7, 11) is 0. The number of anilines is 1. The number of halogens is 2. The monoisotopic (exact) mass is 395 g/mol. The molecule has 0 saturated heterocycles. The van der Waals surface area contributed by atoms with Crippen LogP contribution in [0.3, 0.4) is 0 Å². The molecule has 8 heteroatoms. The average Bonchev–Trinajstić information content (AvgIpc) is 3.13. The number of hydrogen-bond donors (Lipinski definition) is 2. The van der Waals surface area contributed by atoms with Crippen LogP contribution in [0.2, 0.25) is 0 Å². The molecule has 2 N–H and O–H groups in total. The zero-order valence-corrected chi connectivity index (χ0v) is 16.2. The van der Waals surface area contributed by atoms with E-state index in [2.05, 4.69) is 15.6 Å². The van der Waals surface area contributed by atoms with Crippen LogP contribution in [0.15, 0.2) is 40.5 Å². The molecule has 1 amide bonds. The third-order valence-corrected chi connectivity index (χ3v) is 5.64. The Morgan fingerprint density at radius 1 is 1.35 bits per heavy atom. The summed E-state index contributed by atoms with van der Waals surface area (Å²) in [4.78, 5) is 29.7. The van der Waals surface area contributed by atoms with Crippen LogP contribution in [0.4, 0.5) is 11.4 Å². The van der Waals surface area contributed by atoms with Crippen LogP contribution < -0.4 is 10.6 Å². The number of rotatable bonds is 3. The smallest absolute Gasteiger partial charge is 0.343 e. The largest absolute Gasteiger partial charge is 0.462 e. The van der Waals surface area contributed by atoms with Gasteiger partial charge in [0.15, 0.2) is 0 Å². The van der Waals surface area contributed by atoms with Crippen molar-refractivity contribution in [2.45, 2.75) is 31.5 Å². The van der Waals surface area contributed by atoms with Gasteiger partial charge < -0.3 is 15.4 Å². The molecule has 1 fully saturated rings. The SMILES string of the molecule is CCOC(=O)C1=C(C)Nc2ccccc2N=C1NC(=O)[C@@]1(C)CC1(Cl)Cl. The first-order chi connectivity index (χ1) is 12.2. The maximum atomic E-state index is 12.7. The van der Waals surface area contributed by atoms with E-state index >= 15 is 0 Å². The maximum absolute atomic E-state index is 12.7. The van der Waals surface area contributed by atoms with Crippen molar-refractivity contribution in [1.29, 1.82) is 0 Å². The van der Waals surface area contributed by atoms with Crippen molar-refractivity contribution in [3.05, 3.63) is 35.5 Å². The topological polar surface area (TPSA) is 79.8 Å². The molecule has 6 nitrogen and oxygen atoms in total. The third kappa shape index (κ3) is 3.19. The van der Waals surface area contributed by atoms with E-state index < -0.39 is 21.6 Å². The number of nitrogens with zero attached hydrogens (tertiary/aromatic N) is 1. The van der Waals surface area contributed by atoms with E-state index in [0.29, 0.717) is 17.8 Å². The lowest BCUT2D eigenvalue weighted by atomic mass is 10.1. The average molecular weight is 396 g/mol. The predicted molar refractivity (Wildman–Crippen MR) is 102 cm³/mol. The van der Waals surface area contributed by atoms with Gasteiger partial charge in [-0.15, -0.1) is 23.2 Å². The molecular formula is C18H19Cl2N3O3. The number of nitrogens with one attached hydrogen (secondary N) is 2. The maximum Gasteiger partial charge on any atom is 0.343 e. The van der Waals surface area contributed by atoms with Crippen molar-refractivity contribution in [3.63, 3.8) is 0 Å². The quantitative estimate of drug-likeness (QED) is 0.604. The van der Waals surface area contributed by atoms with Crippen molar-refractivity contribution in [2.75, 3.05) is 11.9 Å². The number of carbonyl (C=O) groups is 2. The number of benzene rings is 1. The second-order valence-corrected chi connectivity index (χ2v) is 7.97. The number of aliphatic imine (C=N–C) groups is 1. The second-order valence-electron chi connectivity index (χ2n) is 6.49. The normalized spacial score (nSPS) is 23.2. The fourth-order valence-corrected chi connectivity index (χ4v) is 3.44. The molecule has 0 bridgehead atoms. The van der Waals surface area contributed by atoms with Crippen LogP contribution in [-0.2, 0) is 14.3 Å². The van der Waals surface area contributed by atoms with Crippen LogP contribution in [0.25, 0.3) is 0 Å². The minimum atomic E-state index is -1.12. The Bertz CT molecular complexity index is 848. The van der Waals surface area contributed by atoms with Crippen molar-refractivity contribution in [3.8, 4) is 0 Å². The Hall–Kier alpha value is -2.05. The highest BCUT2D eigenvalue weighted by Crippen LogP contribution is 2.63. The Labute approximate surface area is 161 Å². The van der Waals surface area contributed by atoms with Gasteiger partial charge in [0, 0.05) is 5.70 Å². The minimum absolute atomic E-state index is 0.112. The number of alkyl halides is 2. The molecule has 0 unspecified atom stereocenters. The third-order valence-electron chi connectivity index (χ3n) is 4.54. The first-order valence-corrected chi connectivity index (χ1v) is 8.97. The molecule has 26 heavy (non-hydrogen) atoms. The Balaban J connectivity index is 2.02. The summed E-state index contributed by atoms with van der Waals surface area (Å²) in [5, 5.41) is 5.87. The summed E-state index contributed by atoms with van der Waals surface area (Å²) < 4.78 is 4.02. The van der Waals surface area contributed by atoms with Gasteiger partial charge in [-0.05, 0) is 39.3 Å². The Morgan fingerprint density at radius 3 is 2.62 bits per heavy atom. The molecule has 0 aromatic heterocycles. The molecular weight excluding hydrogens is 377 g/mol. The Morgan fingerprint density at radius 2 is 2.00 bits per heavy atom. The molecule has 1 aliphatic heterocycles. The number of carbonyl (C=O) groups excluding carboxylic acids is 2. The first-order valence-electron chi connectivity index (χ1n) is 8.22. The number of amides is 1. The number of hydrogen-bond acceptors (Lipinski definition) is 5. The fourth-order valence-electron chi connectivity index (χ4n) is 2.73. The van der Waals surface area contributed by atoms with Crippen molar-refractivity contribution >= 4 is 52.3 Å². The van der Waals surface area contributed by atoms with Crippen LogP contribution in [0.5, 0.6) is 0 Å². The number of allylic oxidation sites excluding steroid dienone is 1. The van der Waals surface area contributed by atoms with E-state index in [1.807, 2.05) is 18.2 Å². The molecule has 3 rings (SSSR count). The summed E-state index contributed by atoms with van der Waals surface area (Å²) in [5.41, 5.74) is 1.06. The number of ether oxygens (including phenoxy) is 1. The van der Waals surface area contributed by atoms with Crippen LogP contribution in [-0.4, -0.2) is 28.7 Å². The summed E-state index contributed by atoms with van der Waals surface area (Å²) in [5.74, 6) is -0.857. The zero-order chi connectivity index (χ0) is 19.1. The van der Waals surface area contributed by atoms with Gasteiger partial charge in [0.1, 0.15) is 15.7 Å². The molecule has 1 atom stereocenters. The van der Waals surface area contributed by atoms with Gasteiger partial charge in [0.05, 0.1) is 23.4 Å². The summed E-state index contributed by atoms with van der Waals surface area (Å²) >= 11 is 12.2. The fraction of sp³-hybridized carbons (Fsp3) is 0.389. The van der Waals surface area contributed by atoms with E-state index in [1.165, 1.54) is 0 Å². The van der Waals surface area contributed by atoms with Gasteiger partial charge in [-0.2, -0.15) is 0 Å². The van der Waals surface area contributed by atoms with E-state index in [4.69, 9.17) is 27.9 Å². The summed E-state index contributed by atoms with van der Waals surface area (Å²) in [6.07, 6.45) is 0.328. The lowest BCUT2D eigenvalue weighted by Gasteiger charge is -2.16. The minimum Gasteiger partial charge on any atom is -0.462 e.